The SMILES string of the molecule is N#Cc1cc(Cl)cc(COc2cc(O[C@H]3CCc4c(-c5ccc6c(c5F)OCCO6)cccc43)c(Cl)cc2CN[C@@H](CO)C(=O)O)c1. The maximum Gasteiger partial charge on any atom is 0.323 e. The van der Waals surface area contributed by atoms with Crippen molar-refractivity contribution in [2.24, 2.45) is 0 Å². The van der Waals surface area contributed by atoms with E-state index in [2.05, 4.69) is 11.4 Å². The number of aliphatic hydroxyl groups excluding tert-OH is 1. The number of nitrogens with zero attached hydrogens (tertiary/aromatic N) is 1. The van der Waals surface area contributed by atoms with Crippen LogP contribution in [-0.4, -0.2) is 42.0 Å². The summed E-state index contributed by atoms with van der Waals surface area (Å²) in [5.41, 5.74) is 4.56. The molecule has 0 fully saturated rings. The van der Waals surface area contributed by atoms with Crippen molar-refractivity contribution in [2.45, 2.75) is 38.1 Å². The van der Waals surface area contributed by atoms with E-state index in [1.807, 2.05) is 18.2 Å². The molecule has 1 aliphatic heterocycles. The maximum absolute atomic E-state index is 15.6. The first-order valence-corrected chi connectivity index (χ1v) is 15.6. The number of aliphatic hydroxyl groups is 1. The third kappa shape index (κ3) is 6.94. The van der Waals surface area contributed by atoms with Crippen LogP contribution in [0.1, 0.15) is 40.3 Å². The van der Waals surface area contributed by atoms with Crippen molar-refractivity contribution in [1.82, 2.24) is 5.32 Å². The first-order valence-electron chi connectivity index (χ1n) is 14.8. The second-order valence-corrected chi connectivity index (χ2v) is 11.9. The molecular formula is C35H29Cl2FN2O7. The molecule has 3 N–H and O–H groups in total. The molecule has 0 saturated carbocycles. The lowest BCUT2D eigenvalue weighted by atomic mass is 9.96. The molecule has 12 heteroatoms. The average molecular weight is 680 g/mol. The number of halogens is 3. The molecule has 0 saturated heterocycles. The topological polar surface area (TPSA) is 130 Å². The molecule has 9 nitrogen and oxygen atoms in total. The van der Waals surface area contributed by atoms with Gasteiger partial charge in [-0.25, -0.2) is 4.39 Å². The van der Waals surface area contributed by atoms with Crippen LogP contribution in [0.3, 0.4) is 0 Å². The summed E-state index contributed by atoms with van der Waals surface area (Å²) < 4.78 is 39.3. The van der Waals surface area contributed by atoms with E-state index >= 15 is 4.39 Å². The molecule has 0 unspecified atom stereocenters. The Morgan fingerprint density at radius 3 is 2.70 bits per heavy atom. The minimum absolute atomic E-state index is 0.0164. The lowest BCUT2D eigenvalue weighted by molar-refractivity contribution is -0.140. The molecule has 0 bridgehead atoms. The minimum atomic E-state index is -1.21. The molecule has 4 aromatic rings. The number of rotatable bonds is 11. The average Bonchev–Trinajstić information content (AvgIpc) is 3.48. The third-order valence-corrected chi connectivity index (χ3v) is 8.55. The van der Waals surface area contributed by atoms with Gasteiger partial charge in [0.25, 0.3) is 0 Å². The van der Waals surface area contributed by atoms with Gasteiger partial charge in [0.15, 0.2) is 17.3 Å². The highest BCUT2D eigenvalue weighted by Gasteiger charge is 2.30. The van der Waals surface area contributed by atoms with Crippen molar-refractivity contribution in [1.29, 1.82) is 5.26 Å². The van der Waals surface area contributed by atoms with Gasteiger partial charge in [0, 0.05) is 28.8 Å². The summed E-state index contributed by atoms with van der Waals surface area (Å²) in [6.45, 7) is 0.0930. The molecule has 47 heavy (non-hydrogen) atoms. The van der Waals surface area contributed by atoms with Gasteiger partial charge in [-0.1, -0.05) is 41.4 Å². The van der Waals surface area contributed by atoms with Gasteiger partial charge in [0.1, 0.15) is 43.5 Å². The van der Waals surface area contributed by atoms with Crippen LogP contribution in [0.5, 0.6) is 23.0 Å². The van der Waals surface area contributed by atoms with Gasteiger partial charge in [-0.05, 0) is 71.5 Å². The number of carboxylic acids is 1. The van der Waals surface area contributed by atoms with E-state index in [0.717, 1.165) is 16.7 Å². The summed E-state index contributed by atoms with van der Waals surface area (Å²) in [5, 5.41) is 31.6. The molecule has 1 heterocycles. The number of carboxylic acid groups (broad SMARTS) is 1. The van der Waals surface area contributed by atoms with E-state index in [9.17, 15) is 20.3 Å². The molecule has 4 aromatic carbocycles. The van der Waals surface area contributed by atoms with Crippen LogP contribution in [0.4, 0.5) is 4.39 Å². The third-order valence-electron chi connectivity index (χ3n) is 8.04. The van der Waals surface area contributed by atoms with Crippen LogP contribution in [0.25, 0.3) is 11.1 Å². The normalized spacial score (nSPS) is 15.4. The highest BCUT2D eigenvalue weighted by molar-refractivity contribution is 6.32. The quantitative estimate of drug-likeness (QED) is 0.160. The second-order valence-electron chi connectivity index (χ2n) is 11.1. The molecule has 242 valence electrons. The fraction of sp³-hybridized carbons (Fsp3) is 0.257. The lowest BCUT2D eigenvalue weighted by Gasteiger charge is -2.21. The monoisotopic (exact) mass is 678 g/mol. The highest BCUT2D eigenvalue weighted by atomic mass is 35.5. The van der Waals surface area contributed by atoms with Gasteiger partial charge < -0.3 is 29.2 Å². The Labute approximate surface area is 280 Å². The fourth-order valence-corrected chi connectivity index (χ4v) is 6.28. The number of carbonyl (C=O) groups is 1. The van der Waals surface area contributed by atoms with E-state index in [-0.39, 0.29) is 30.5 Å². The minimum Gasteiger partial charge on any atom is -0.488 e. The number of ether oxygens (including phenoxy) is 4. The Balaban J connectivity index is 1.29. The van der Waals surface area contributed by atoms with Gasteiger partial charge in [-0.15, -0.1) is 0 Å². The Morgan fingerprint density at radius 2 is 1.91 bits per heavy atom. The Morgan fingerprint density at radius 1 is 1.09 bits per heavy atom. The van der Waals surface area contributed by atoms with E-state index in [0.29, 0.717) is 64.0 Å². The predicted molar refractivity (Wildman–Crippen MR) is 172 cm³/mol. The van der Waals surface area contributed by atoms with E-state index in [4.69, 9.17) is 42.1 Å². The van der Waals surface area contributed by atoms with E-state index in [1.165, 1.54) is 0 Å². The van der Waals surface area contributed by atoms with Crippen LogP contribution in [0.15, 0.2) is 60.7 Å². The summed E-state index contributed by atoms with van der Waals surface area (Å²) in [6, 6.07) is 18.1. The molecule has 0 amide bonds. The van der Waals surface area contributed by atoms with Crippen molar-refractivity contribution in [3.8, 4) is 40.2 Å². The summed E-state index contributed by atoms with van der Waals surface area (Å²) >= 11 is 12.9. The van der Waals surface area contributed by atoms with Crippen molar-refractivity contribution in [3.63, 3.8) is 0 Å². The number of fused-ring (bicyclic) bond motifs is 2. The molecule has 0 radical (unpaired) electrons. The molecule has 1 aliphatic carbocycles. The number of nitrogens with one attached hydrogen (secondary N) is 1. The Hall–Kier alpha value is -4.53. The standard InChI is InChI=1S/C35H29Cl2FN2O7/c36-22-11-19(15-39)10-20(12-22)18-46-31-14-32(27(37)13-21(31)16-40-28(17-41)35(42)43)47-29-6-4-24-23(2-1-3-25(24)29)26-5-7-30-34(33(26)38)45-9-8-44-30/h1-3,5,7,10-14,28-29,40-41H,4,6,8-9,16-18H2,(H,42,43)/t28-,29-/m0/s1. The Kier molecular flexibility index (Phi) is 9.71. The summed E-state index contributed by atoms with van der Waals surface area (Å²) in [5.74, 6) is -0.501. The van der Waals surface area contributed by atoms with Gasteiger partial charge >= 0.3 is 5.97 Å². The zero-order valence-electron chi connectivity index (χ0n) is 24.9. The number of hydrogen-bond donors (Lipinski definition) is 3. The first kappa shape index (κ1) is 32.4. The maximum atomic E-state index is 15.6. The van der Waals surface area contributed by atoms with Gasteiger partial charge in [-0.2, -0.15) is 5.26 Å². The molecule has 0 spiro atoms. The van der Waals surface area contributed by atoms with Crippen LogP contribution in [-0.2, 0) is 24.4 Å². The molecule has 0 aromatic heterocycles. The molecule has 6 rings (SSSR count). The van der Waals surface area contributed by atoms with Crippen molar-refractivity contribution in [3.05, 3.63) is 104 Å². The van der Waals surface area contributed by atoms with Gasteiger partial charge in [-0.3, -0.25) is 10.1 Å². The number of hydrogen-bond acceptors (Lipinski definition) is 8. The van der Waals surface area contributed by atoms with Crippen LogP contribution in [0.2, 0.25) is 10.0 Å². The molecule has 2 aliphatic rings. The largest absolute Gasteiger partial charge is 0.488 e. The van der Waals surface area contributed by atoms with Crippen molar-refractivity contribution >= 4 is 29.2 Å². The lowest BCUT2D eigenvalue weighted by Crippen LogP contribution is -2.39. The Bertz CT molecular complexity index is 1880. The van der Waals surface area contributed by atoms with Crippen molar-refractivity contribution < 1.29 is 38.3 Å². The smallest absolute Gasteiger partial charge is 0.323 e. The second kappa shape index (κ2) is 14.1. The van der Waals surface area contributed by atoms with Gasteiger partial charge in [0.2, 0.25) is 0 Å². The summed E-state index contributed by atoms with van der Waals surface area (Å²) in [6.07, 6.45) is 0.863. The summed E-state index contributed by atoms with van der Waals surface area (Å²) in [7, 11) is 0. The number of nitriles is 1. The van der Waals surface area contributed by atoms with Gasteiger partial charge in [0.05, 0.1) is 23.3 Å². The number of benzene rings is 4. The summed E-state index contributed by atoms with van der Waals surface area (Å²) in [4.78, 5) is 11.5. The van der Waals surface area contributed by atoms with Crippen LogP contribution in [0, 0.1) is 17.1 Å². The van der Waals surface area contributed by atoms with Crippen molar-refractivity contribution in [2.75, 3.05) is 19.8 Å². The zero-order chi connectivity index (χ0) is 33.1. The van der Waals surface area contributed by atoms with E-state index < -0.39 is 30.5 Å². The molecular weight excluding hydrogens is 650 g/mol. The number of aliphatic carboxylic acids is 1. The zero-order valence-corrected chi connectivity index (χ0v) is 26.4. The fourth-order valence-electron chi connectivity index (χ4n) is 5.80. The highest BCUT2D eigenvalue weighted by Crippen LogP contribution is 2.45. The van der Waals surface area contributed by atoms with E-state index in [1.54, 1.807) is 42.5 Å². The van der Waals surface area contributed by atoms with Crippen LogP contribution < -0.4 is 24.3 Å². The molecule has 2 atom stereocenters. The first-order chi connectivity index (χ1) is 22.7. The predicted octanol–water partition coefficient (Wildman–Crippen LogP) is 6.62. The van der Waals surface area contributed by atoms with Crippen LogP contribution >= 0.6 is 23.2 Å².